The van der Waals surface area contributed by atoms with Crippen LogP contribution >= 0.6 is 12.4 Å². The van der Waals surface area contributed by atoms with Crippen LogP contribution in [-0.2, 0) is 18.3 Å². The van der Waals surface area contributed by atoms with Crippen LogP contribution in [0.4, 0.5) is 0 Å². The summed E-state index contributed by atoms with van der Waals surface area (Å²) in [4.78, 5) is 14.1. The summed E-state index contributed by atoms with van der Waals surface area (Å²) in [7, 11) is 3.80. The highest BCUT2D eigenvalue weighted by Crippen LogP contribution is 2.20. The average Bonchev–Trinajstić information content (AvgIpc) is 3.00. The number of likely N-dealkylation sites (N-methyl/N-ethyl adjacent to an activating group) is 1. The number of halogens is 1. The molecular weight excluding hydrogens is 348 g/mol. The number of aryl methyl sites for hydroxylation is 2. The van der Waals surface area contributed by atoms with Gasteiger partial charge in [-0.1, -0.05) is 50.6 Å². The molecule has 2 N–H and O–H groups in total. The molecule has 1 aromatic carbocycles. The highest BCUT2D eigenvalue weighted by molar-refractivity contribution is 5.85. The Labute approximate surface area is 163 Å². The molecule has 144 valence electrons. The van der Waals surface area contributed by atoms with E-state index >= 15 is 0 Å². The zero-order chi connectivity index (χ0) is 18.4. The molecule has 0 radical (unpaired) electrons. The normalized spacial score (nSPS) is 13.0. The minimum Gasteiger partial charge on any atom is -0.344 e. The summed E-state index contributed by atoms with van der Waals surface area (Å²) in [6.45, 7) is 4.78. The highest BCUT2D eigenvalue weighted by Gasteiger charge is 2.22. The number of aromatic nitrogens is 2. The van der Waals surface area contributed by atoms with E-state index in [0.29, 0.717) is 6.54 Å². The highest BCUT2D eigenvalue weighted by atomic mass is 35.5. The zero-order valence-corrected chi connectivity index (χ0v) is 17.0. The van der Waals surface area contributed by atoms with Crippen molar-refractivity contribution in [3.05, 3.63) is 42.1 Å². The van der Waals surface area contributed by atoms with Gasteiger partial charge >= 0.3 is 0 Å². The topological polar surface area (TPSA) is 64.2 Å². The second-order valence-electron chi connectivity index (χ2n) is 6.79. The first-order chi connectivity index (χ1) is 11.9. The Bertz CT molecular complexity index is 686. The fourth-order valence-electron chi connectivity index (χ4n) is 2.89. The minimum atomic E-state index is -0.408. The summed E-state index contributed by atoms with van der Waals surface area (Å²) in [5, 5.41) is 4.59. The largest absolute Gasteiger partial charge is 0.344 e. The number of nitrogens with zero attached hydrogens (tertiary/aromatic N) is 3. The van der Waals surface area contributed by atoms with Crippen LogP contribution in [0.3, 0.4) is 0 Å². The van der Waals surface area contributed by atoms with Gasteiger partial charge in [0.1, 0.15) is 0 Å². The van der Waals surface area contributed by atoms with Gasteiger partial charge in [-0.05, 0) is 30.4 Å². The third kappa shape index (κ3) is 5.58. The van der Waals surface area contributed by atoms with Crippen LogP contribution in [0.15, 0.2) is 36.4 Å². The zero-order valence-electron chi connectivity index (χ0n) is 16.2. The lowest BCUT2D eigenvalue weighted by Gasteiger charge is -2.24. The monoisotopic (exact) mass is 378 g/mol. The van der Waals surface area contributed by atoms with Gasteiger partial charge in [-0.25, -0.2) is 0 Å². The molecule has 0 saturated heterocycles. The second kappa shape index (κ2) is 10.3. The maximum atomic E-state index is 12.3. The van der Waals surface area contributed by atoms with Crippen molar-refractivity contribution in [1.29, 1.82) is 0 Å². The molecule has 0 aliphatic heterocycles. The standard InChI is InChI=1S/C20H30N4O.ClH/c1-5-15(2)19(21)20(25)23(3)13-9-12-17-14-18(24(4)22-17)16-10-7-6-8-11-16;/h6-8,10-11,14-15,19H,5,9,12-13,21H2,1-4H3;1H. The van der Waals surface area contributed by atoms with Crippen molar-refractivity contribution in [3.63, 3.8) is 0 Å². The van der Waals surface area contributed by atoms with Crippen LogP contribution in [0.5, 0.6) is 0 Å². The number of hydrogen-bond acceptors (Lipinski definition) is 3. The Kier molecular flexibility index (Phi) is 8.82. The van der Waals surface area contributed by atoms with E-state index in [0.717, 1.165) is 36.2 Å². The van der Waals surface area contributed by atoms with E-state index in [4.69, 9.17) is 5.73 Å². The first-order valence-electron chi connectivity index (χ1n) is 9.03. The number of amides is 1. The second-order valence-corrected chi connectivity index (χ2v) is 6.79. The molecule has 0 aliphatic carbocycles. The summed E-state index contributed by atoms with van der Waals surface area (Å²) in [5.74, 6) is 0.236. The lowest BCUT2D eigenvalue weighted by molar-refractivity contribution is -0.132. The van der Waals surface area contributed by atoms with Crippen LogP contribution in [0.25, 0.3) is 11.3 Å². The Morgan fingerprint density at radius 3 is 2.58 bits per heavy atom. The summed E-state index contributed by atoms with van der Waals surface area (Å²) in [6.07, 6.45) is 2.63. The lowest BCUT2D eigenvalue weighted by Crippen LogP contribution is -2.45. The predicted molar refractivity (Wildman–Crippen MR) is 109 cm³/mol. The van der Waals surface area contributed by atoms with Gasteiger partial charge in [0.2, 0.25) is 5.91 Å². The maximum absolute atomic E-state index is 12.3. The molecule has 2 aromatic rings. The molecule has 5 nitrogen and oxygen atoms in total. The smallest absolute Gasteiger partial charge is 0.239 e. The SMILES string of the molecule is CCC(C)C(N)C(=O)N(C)CCCc1cc(-c2ccccc2)n(C)n1.Cl. The average molecular weight is 379 g/mol. The van der Waals surface area contributed by atoms with Crippen molar-refractivity contribution in [3.8, 4) is 11.3 Å². The summed E-state index contributed by atoms with van der Waals surface area (Å²) < 4.78 is 1.92. The summed E-state index contributed by atoms with van der Waals surface area (Å²) in [5.41, 5.74) is 9.36. The van der Waals surface area contributed by atoms with E-state index in [2.05, 4.69) is 30.2 Å². The quantitative estimate of drug-likeness (QED) is 0.766. The Hall–Kier alpha value is -1.85. The Morgan fingerprint density at radius 2 is 1.96 bits per heavy atom. The van der Waals surface area contributed by atoms with Crippen molar-refractivity contribution in [2.75, 3.05) is 13.6 Å². The third-order valence-corrected chi connectivity index (χ3v) is 4.84. The lowest BCUT2D eigenvalue weighted by atomic mass is 9.99. The van der Waals surface area contributed by atoms with Crippen molar-refractivity contribution < 1.29 is 4.79 Å². The maximum Gasteiger partial charge on any atom is 0.239 e. The number of nitrogens with two attached hydrogens (primary N) is 1. The summed E-state index contributed by atoms with van der Waals surface area (Å²) >= 11 is 0. The predicted octanol–water partition coefficient (Wildman–Crippen LogP) is 3.27. The number of carbonyl (C=O) groups is 1. The van der Waals surface area contributed by atoms with Crippen LogP contribution in [0.2, 0.25) is 0 Å². The van der Waals surface area contributed by atoms with Crippen molar-refractivity contribution in [1.82, 2.24) is 14.7 Å². The van der Waals surface area contributed by atoms with E-state index in [9.17, 15) is 4.79 Å². The first kappa shape index (κ1) is 22.2. The molecule has 0 fully saturated rings. The van der Waals surface area contributed by atoms with E-state index < -0.39 is 6.04 Å². The molecule has 1 aromatic heterocycles. The van der Waals surface area contributed by atoms with Gasteiger partial charge in [-0.3, -0.25) is 9.48 Å². The van der Waals surface area contributed by atoms with Gasteiger partial charge in [0.15, 0.2) is 0 Å². The molecule has 26 heavy (non-hydrogen) atoms. The molecule has 0 spiro atoms. The summed E-state index contributed by atoms with van der Waals surface area (Å²) in [6, 6.07) is 12.0. The van der Waals surface area contributed by atoms with Crippen LogP contribution in [0.1, 0.15) is 32.4 Å². The molecule has 0 bridgehead atoms. The van der Waals surface area contributed by atoms with Crippen LogP contribution < -0.4 is 5.73 Å². The van der Waals surface area contributed by atoms with Gasteiger partial charge in [0.25, 0.3) is 0 Å². The number of benzene rings is 1. The Morgan fingerprint density at radius 1 is 1.31 bits per heavy atom. The minimum absolute atomic E-state index is 0. The fraction of sp³-hybridized carbons (Fsp3) is 0.500. The Balaban J connectivity index is 0.00000338. The molecule has 1 heterocycles. The van der Waals surface area contributed by atoms with Crippen molar-refractivity contribution >= 4 is 18.3 Å². The fourth-order valence-corrected chi connectivity index (χ4v) is 2.89. The number of carbonyl (C=O) groups excluding carboxylic acids is 1. The van der Waals surface area contributed by atoms with Gasteiger partial charge < -0.3 is 10.6 Å². The van der Waals surface area contributed by atoms with Gasteiger partial charge in [0.05, 0.1) is 17.4 Å². The first-order valence-corrected chi connectivity index (χ1v) is 9.03. The van der Waals surface area contributed by atoms with E-state index in [1.54, 1.807) is 4.90 Å². The van der Waals surface area contributed by atoms with E-state index in [-0.39, 0.29) is 24.2 Å². The third-order valence-electron chi connectivity index (χ3n) is 4.84. The number of rotatable bonds is 8. The molecule has 1 amide bonds. The molecular formula is C20H31ClN4O. The number of hydrogen-bond donors (Lipinski definition) is 1. The van der Waals surface area contributed by atoms with E-state index in [1.807, 2.05) is 43.9 Å². The van der Waals surface area contributed by atoms with Gasteiger partial charge in [0, 0.05) is 20.6 Å². The van der Waals surface area contributed by atoms with E-state index in [1.165, 1.54) is 0 Å². The van der Waals surface area contributed by atoms with Crippen molar-refractivity contribution in [2.24, 2.45) is 18.7 Å². The molecule has 2 rings (SSSR count). The molecule has 6 heteroatoms. The molecule has 2 atom stereocenters. The molecule has 0 saturated carbocycles. The van der Waals surface area contributed by atoms with Gasteiger partial charge in [-0.15, -0.1) is 12.4 Å². The van der Waals surface area contributed by atoms with Crippen LogP contribution in [-0.4, -0.2) is 40.2 Å². The molecule has 0 aliphatic rings. The van der Waals surface area contributed by atoms with Gasteiger partial charge in [-0.2, -0.15) is 5.10 Å². The van der Waals surface area contributed by atoms with Crippen molar-refractivity contribution in [2.45, 2.75) is 39.2 Å². The molecule has 2 unspecified atom stereocenters. The van der Waals surface area contributed by atoms with Crippen LogP contribution in [0, 0.1) is 5.92 Å².